The number of fused-ring (bicyclic) bond motifs is 1. The molecule has 0 amide bonds. The van der Waals surface area contributed by atoms with Gasteiger partial charge in [0.05, 0.1) is 23.0 Å². The van der Waals surface area contributed by atoms with E-state index in [0.717, 1.165) is 18.4 Å². The molecule has 29 heavy (non-hydrogen) atoms. The molecule has 1 N–H and O–H groups in total. The Morgan fingerprint density at radius 1 is 1.07 bits per heavy atom. The number of aromatic nitrogens is 4. The number of alkyl halides is 3. The van der Waals surface area contributed by atoms with E-state index in [4.69, 9.17) is 0 Å². The summed E-state index contributed by atoms with van der Waals surface area (Å²) in [6, 6.07) is 9.44. The summed E-state index contributed by atoms with van der Waals surface area (Å²) in [6.45, 7) is 0. The predicted molar refractivity (Wildman–Crippen MR) is 102 cm³/mol. The minimum atomic E-state index is -4.43. The van der Waals surface area contributed by atoms with E-state index in [1.165, 1.54) is 23.1 Å². The van der Waals surface area contributed by atoms with Crippen molar-refractivity contribution in [2.45, 2.75) is 6.18 Å². The fraction of sp³-hybridized carbons (Fsp3) is 0.111. The number of nitrogens with one attached hydrogen (secondary N) is 1. The molecule has 0 aliphatic heterocycles. The van der Waals surface area contributed by atoms with Crippen molar-refractivity contribution < 1.29 is 21.6 Å². The summed E-state index contributed by atoms with van der Waals surface area (Å²) in [4.78, 5) is 3.99. The van der Waals surface area contributed by atoms with Gasteiger partial charge in [0.15, 0.2) is 5.82 Å². The topological polar surface area (TPSA) is 81.8 Å². The molecule has 0 bridgehead atoms. The average molecular weight is 421 g/mol. The highest BCUT2D eigenvalue weighted by Crippen LogP contribution is 2.31. The summed E-state index contributed by atoms with van der Waals surface area (Å²) in [7, 11) is -3.48. The van der Waals surface area contributed by atoms with Crippen LogP contribution < -0.4 is 4.72 Å². The Morgan fingerprint density at radius 2 is 1.79 bits per heavy atom. The lowest BCUT2D eigenvalue weighted by Crippen LogP contribution is -2.09. The SMILES string of the molecule is CS(=O)(=O)Nc1ccc2c(c1)c(-n1ccnc1)nn2-c1ccc(C(F)(F)F)cc1. The van der Waals surface area contributed by atoms with Gasteiger partial charge in [0.1, 0.15) is 6.33 Å². The summed E-state index contributed by atoms with van der Waals surface area (Å²) in [5.41, 5.74) is 0.603. The molecule has 4 aromatic rings. The van der Waals surface area contributed by atoms with E-state index in [-0.39, 0.29) is 0 Å². The molecule has 2 aromatic carbocycles. The maximum atomic E-state index is 12.9. The summed E-state index contributed by atoms with van der Waals surface area (Å²) in [5.74, 6) is 0.453. The Balaban J connectivity index is 1.89. The van der Waals surface area contributed by atoms with Gasteiger partial charge in [-0.25, -0.2) is 18.1 Å². The fourth-order valence-corrected chi connectivity index (χ4v) is 3.50. The molecule has 0 atom stereocenters. The van der Waals surface area contributed by atoms with Crippen molar-refractivity contribution >= 4 is 26.6 Å². The van der Waals surface area contributed by atoms with Gasteiger partial charge in [0, 0.05) is 23.5 Å². The molecule has 0 unspecified atom stereocenters. The van der Waals surface area contributed by atoms with Crippen LogP contribution in [0.15, 0.2) is 61.2 Å². The highest BCUT2D eigenvalue weighted by molar-refractivity contribution is 7.92. The highest BCUT2D eigenvalue weighted by atomic mass is 32.2. The van der Waals surface area contributed by atoms with Crippen molar-refractivity contribution in [3.8, 4) is 11.5 Å². The lowest BCUT2D eigenvalue weighted by Gasteiger charge is -2.08. The molecule has 150 valence electrons. The van der Waals surface area contributed by atoms with Crippen LogP contribution in [0.4, 0.5) is 18.9 Å². The predicted octanol–water partition coefficient (Wildman–Crippen LogP) is 3.60. The second-order valence-electron chi connectivity index (χ2n) is 6.36. The van der Waals surface area contributed by atoms with Crippen LogP contribution in [0, 0.1) is 0 Å². The monoisotopic (exact) mass is 421 g/mol. The molecule has 0 fully saturated rings. The Kier molecular flexibility index (Phi) is 4.34. The number of hydrogen-bond acceptors (Lipinski definition) is 4. The van der Waals surface area contributed by atoms with E-state index in [1.807, 2.05) is 0 Å². The maximum Gasteiger partial charge on any atom is 0.416 e. The second kappa shape index (κ2) is 6.62. The van der Waals surface area contributed by atoms with Crippen LogP contribution in [0.3, 0.4) is 0 Å². The van der Waals surface area contributed by atoms with Gasteiger partial charge in [-0.05, 0) is 42.5 Å². The van der Waals surface area contributed by atoms with Crippen LogP contribution >= 0.6 is 0 Å². The third-order valence-electron chi connectivity index (χ3n) is 4.15. The minimum Gasteiger partial charge on any atom is -0.289 e. The van der Waals surface area contributed by atoms with E-state index in [9.17, 15) is 21.6 Å². The molecule has 0 aliphatic rings. The van der Waals surface area contributed by atoms with E-state index in [2.05, 4.69) is 14.8 Å². The van der Waals surface area contributed by atoms with Gasteiger partial charge in [-0.1, -0.05) is 0 Å². The van der Waals surface area contributed by atoms with Crippen LogP contribution in [0.1, 0.15) is 5.56 Å². The molecule has 2 aromatic heterocycles. The summed E-state index contributed by atoms with van der Waals surface area (Å²) in [5, 5.41) is 5.11. The van der Waals surface area contributed by atoms with Crippen molar-refractivity contribution in [2.75, 3.05) is 11.0 Å². The second-order valence-corrected chi connectivity index (χ2v) is 8.10. The molecular weight excluding hydrogens is 407 g/mol. The molecule has 0 radical (unpaired) electrons. The van der Waals surface area contributed by atoms with E-state index in [0.29, 0.717) is 28.1 Å². The molecule has 4 rings (SSSR count). The normalized spacial score (nSPS) is 12.4. The van der Waals surface area contributed by atoms with E-state index >= 15 is 0 Å². The number of anilines is 1. The number of nitrogens with zero attached hydrogens (tertiary/aromatic N) is 4. The number of rotatable bonds is 4. The van der Waals surface area contributed by atoms with Gasteiger partial charge in [-0.2, -0.15) is 13.2 Å². The zero-order valence-electron chi connectivity index (χ0n) is 14.9. The summed E-state index contributed by atoms with van der Waals surface area (Å²) >= 11 is 0. The maximum absolute atomic E-state index is 12.9. The van der Waals surface area contributed by atoms with Gasteiger partial charge < -0.3 is 0 Å². The van der Waals surface area contributed by atoms with Gasteiger partial charge in [-0.3, -0.25) is 9.29 Å². The molecule has 0 spiro atoms. The quantitative estimate of drug-likeness (QED) is 0.546. The largest absolute Gasteiger partial charge is 0.416 e. The van der Waals surface area contributed by atoms with Gasteiger partial charge in [-0.15, -0.1) is 5.10 Å². The Hall–Kier alpha value is -3.34. The number of benzene rings is 2. The number of halogens is 3. The number of hydrogen-bond donors (Lipinski definition) is 1. The summed E-state index contributed by atoms with van der Waals surface area (Å²) in [6.07, 6.45) is 1.35. The average Bonchev–Trinajstić information content (AvgIpc) is 3.27. The molecule has 0 saturated heterocycles. The third-order valence-corrected chi connectivity index (χ3v) is 4.76. The zero-order valence-corrected chi connectivity index (χ0v) is 15.7. The first-order chi connectivity index (χ1) is 13.6. The number of imidazole rings is 1. The Labute approximate surface area is 163 Å². The number of sulfonamides is 1. The van der Waals surface area contributed by atoms with Gasteiger partial charge in [0.2, 0.25) is 10.0 Å². The van der Waals surface area contributed by atoms with Gasteiger partial charge in [0.25, 0.3) is 0 Å². The zero-order chi connectivity index (χ0) is 20.8. The van der Waals surface area contributed by atoms with Crippen molar-refractivity contribution in [1.29, 1.82) is 0 Å². The van der Waals surface area contributed by atoms with E-state index < -0.39 is 21.8 Å². The Morgan fingerprint density at radius 3 is 2.38 bits per heavy atom. The highest BCUT2D eigenvalue weighted by Gasteiger charge is 2.30. The first-order valence-electron chi connectivity index (χ1n) is 8.28. The Bertz CT molecular complexity index is 1280. The molecule has 0 saturated carbocycles. The van der Waals surface area contributed by atoms with Crippen LogP contribution in [0.2, 0.25) is 0 Å². The molecule has 7 nitrogen and oxygen atoms in total. The fourth-order valence-electron chi connectivity index (χ4n) is 2.94. The lowest BCUT2D eigenvalue weighted by atomic mass is 10.2. The minimum absolute atomic E-state index is 0.341. The van der Waals surface area contributed by atoms with Crippen LogP contribution in [-0.2, 0) is 16.2 Å². The summed E-state index contributed by atoms with van der Waals surface area (Å²) < 4.78 is 67.2. The first kappa shape index (κ1) is 19.0. The third kappa shape index (κ3) is 3.81. The first-order valence-corrected chi connectivity index (χ1v) is 10.2. The lowest BCUT2D eigenvalue weighted by molar-refractivity contribution is -0.137. The van der Waals surface area contributed by atoms with Gasteiger partial charge >= 0.3 is 6.18 Å². The van der Waals surface area contributed by atoms with Crippen LogP contribution in [0.5, 0.6) is 0 Å². The smallest absolute Gasteiger partial charge is 0.289 e. The molecule has 0 aliphatic carbocycles. The standard InChI is InChI=1S/C18H14F3N5O2S/c1-29(27,28)24-13-4-7-16-15(10-13)17(25-9-8-22-11-25)23-26(16)14-5-2-12(3-6-14)18(19,20)21/h2-11,24H,1H3. The van der Waals surface area contributed by atoms with Crippen molar-refractivity contribution in [3.05, 3.63) is 66.7 Å². The molecule has 2 heterocycles. The van der Waals surface area contributed by atoms with Crippen molar-refractivity contribution in [3.63, 3.8) is 0 Å². The molecular formula is C18H14F3N5O2S. The van der Waals surface area contributed by atoms with Crippen molar-refractivity contribution in [1.82, 2.24) is 19.3 Å². The van der Waals surface area contributed by atoms with Crippen LogP contribution in [-0.4, -0.2) is 34.0 Å². The molecule has 11 heteroatoms. The van der Waals surface area contributed by atoms with Crippen LogP contribution in [0.25, 0.3) is 22.4 Å². The van der Waals surface area contributed by atoms with Crippen molar-refractivity contribution in [2.24, 2.45) is 0 Å². The van der Waals surface area contributed by atoms with E-state index in [1.54, 1.807) is 35.2 Å².